The van der Waals surface area contributed by atoms with Crippen LogP contribution >= 0.6 is 0 Å². The number of piperidine rings is 1. The van der Waals surface area contributed by atoms with E-state index in [1.165, 1.54) is 23.5 Å². The first kappa shape index (κ1) is 20.0. The van der Waals surface area contributed by atoms with Gasteiger partial charge in [0.2, 0.25) is 10.0 Å². The van der Waals surface area contributed by atoms with Crippen molar-refractivity contribution in [2.45, 2.75) is 50.0 Å². The number of hydrogen-bond donors (Lipinski definition) is 0. The lowest BCUT2D eigenvalue weighted by molar-refractivity contribution is -0.275. The number of rotatable bonds is 5. The Bertz CT molecular complexity index is 684. The van der Waals surface area contributed by atoms with Gasteiger partial charge in [-0.15, -0.1) is 13.2 Å². The predicted molar refractivity (Wildman–Crippen MR) is 87.8 cm³/mol. The number of hydrogen-bond acceptors (Lipinski definition) is 4. The van der Waals surface area contributed by atoms with E-state index in [0.29, 0.717) is 18.9 Å². The first-order valence-corrected chi connectivity index (χ1v) is 9.53. The molecule has 1 aliphatic heterocycles. The lowest BCUT2D eigenvalue weighted by atomic mass is 10.0. The van der Waals surface area contributed by atoms with E-state index >= 15 is 0 Å². The largest absolute Gasteiger partial charge is 0.573 e. The van der Waals surface area contributed by atoms with Gasteiger partial charge in [0, 0.05) is 19.1 Å². The molecule has 2 rings (SSSR count). The third-order valence-electron chi connectivity index (χ3n) is 4.48. The number of sulfonamides is 1. The summed E-state index contributed by atoms with van der Waals surface area (Å²) in [6.45, 7) is 5.66. The smallest absolute Gasteiger partial charge is 0.404 e. The summed E-state index contributed by atoms with van der Waals surface area (Å²) in [6.07, 6.45) is -3.68. The number of para-hydroxylation sites is 1. The highest BCUT2D eigenvalue weighted by molar-refractivity contribution is 7.89. The van der Waals surface area contributed by atoms with Crippen LogP contribution in [0.4, 0.5) is 13.2 Å². The van der Waals surface area contributed by atoms with Crippen molar-refractivity contribution in [2.75, 3.05) is 20.1 Å². The van der Waals surface area contributed by atoms with Crippen molar-refractivity contribution in [1.82, 2.24) is 9.21 Å². The molecule has 0 N–H and O–H groups in total. The zero-order chi connectivity index (χ0) is 18.8. The quantitative estimate of drug-likeness (QED) is 0.788. The van der Waals surface area contributed by atoms with Gasteiger partial charge in [0.05, 0.1) is 0 Å². The minimum absolute atomic E-state index is 0.251. The van der Waals surface area contributed by atoms with Crippen LogP contribution in [-0.2, 0) is 10.0 Å². The van der Waals surface area contributed by atoms with Gasteiger partial charge in [-0.05, 0) is 51.9 Å². The van der Waals surface area contributed by atoms with Crippen LogP contribution in [0.3, 0.4) is 0 Å². The Morgan fingerprint density at radius 3 is 2.28 bits per heavy atom. The SMILES string of the molecule is CC(C)N1CCC(N(C)S(=O)(=O)c2ccccc2OC(F)(F)F)CC1. The van der Waals surface area contributed by atoms with E-state index in [2.05, 4.69) is 23.5 Å². The van der Waals surface area contributed by atoms with Gasteiger partial charge in [0.15, 0.2) is 0 Å². The average molecular weight is 380 g/mol. The summed E-state index contributed by atoms with van der Waals surface area (Å²) in [7, 11) is -2.68. The molecule has 25 heavy (non-hydrogen) atoms. The Morgan fingerprint density at radius 2 is 1.76 bits per heavy atom. The molecular formula is C16H23F3N2O3S. The molecule has 0 unspecified atom stereocenters. The third kappa shape index (κ3) is 4.86. The van der Waals surface area contributed by atoms with Crippen molar-refractivity contribution in [2.24, 2.45) is 0 Å². The Balaban J connectivity index is 2.22. The normalized spacial score (nSPS) is 18.1. The van der Waals surface area contributed by atoms with Gasteiger partial charge < -0.3 is 9.64 Å². The number of likely N-dealkylation sites (tertiary alicyclic amines) is 1. The van der Waals surface area contributed by atoms with Gasteiger partial charge in [-0.1, -0.05) is 12.1 Å². The Kier molecular flexibility index (Phi) is 6.01. The van der Waals surface area contributed by atoms with Gasteiger partial charge in [0.25, 0.3) is 0 Å². The highest BCUT2D eigenvalue weighted by Gasteiger charge is 2.37. The monoisotopic (exact) mass is 380 g/mol. The van der Waals surface area contributed by atoms with Crippen molar-refractivity contribution >= 4 is 10.0 Å². The highest BCUT2D eigenvalue weighted by Crippen LogP contribution is 2.32. The zero-order valence-electron chi connectivity index (χ0n) is 14.5. The lowest BCUT2D eigenvalue weighted by Gasteiger charge is -2.38. The molecule has 0 bridgehead atoms. The van der Waals surface area contributed by atoms with Crippen LogP contribution in [-0.4, -0.2) is 56.2 Å². The second kappa shape index (κ2) is 7.51. The highest BCUT2D eigenvalue weighted by atomic mass is 32.2. The third-order valence-corrected chi connectivity index (χ3v) is 6.42. The lowest BCUT2D eigenvalue weighted by Crippen LogP contribution is -2.47. The standard InChI is InChI=1S/C16H23F3N2O3S/c1-12(2)21-10-8-13(9-11-21)20(3)25(22,23)15-7-5-4-6-14(15)24-16(17,18)19/h4-7,12-13H,8-11H2,1-3H3. The molecule has 1 saturated heterocycles. The summed E-state index contributed by atoms with van der Waals surface area (Å²) in [5, 5.41) is 0. The maximum absolute atomic E-state index is 12.8. The number of benzene rings is 1. The summed E-state index contributed by atoms with van der Waals surface area (Å²) in [4.78, 5) is 1.78. The second-order valence-electron chi connectivity index (χ2n) is 6.38. The first-order valence-electron chi connectivity index (χ1n) is 8.09. The van der Waals surface area contributed by atoms with Gasteiger partial charge in [-0.2, -0.15) is 4.31 Å². The van der Waals surface area contributed by atoms with E-state index in [9.17, 15) is 21.6 Å². The molecule has 9 heteroatoms. The molecule has 0 radical (unpaired) electrons. The summed E-state index contributed by atoms with van der Waals surface area (Å²) in [5.41, 5.74) is 0. The molecule has 0 saturated carbocycles. The summed E-state index contributed by atoms with van der Waals surface area (Å²) >= 11 is 0. The average Bonchev–Trinajstić information content (AvgIpc) is 2.53. The van der Waals surface area contributed by atoms with E-state index in [-0.39, 0.29) is 6.04 Å². The fourth-order valence-electron chi connectivity index (χ4n) is 2.99. The molecule has 1 fully saturated rings. The van der Waals surface area contributed by atoms with Crippen LogP contribution in [0.1, 0.15) is 26.7 Å². The van der Waals surface area contributed by atoms with Crippen LogP contribution in [0.2, 0.25) is 0 Å². The number of nitrogens with zero attached hydrogens (tertiary/aromatic N) is 2. The van der Waals surface area contributed by atoms with Crippen LogP contribution in [0, 0.1) is 0 Å². The molecule has 1 heterocycles. The van der Waals surface area contributed by atoms with Crippen molar-refractivity contribution in [3.8, 4) is 5.75 Å². The first-order chi connectivity index (χ1) is 11.5. The fourth-order valence-corrected chi connectivity index (χ4v) is 4.52. The van der Waals surface area contributed by atoms with Crippen LogP contribution in [0.25, 0.3) is 0 Å². The topological polar surface area (TPSA) is 49.9 Å². The summed E-state index contributed by atoms with van der Waals surface area (Å²) in [6, 6.07) is 4.96. The van der Waals surface area contributed by atoms with Crippen LogP contribution < -0.4 is 4.74 Å². The van der Waals surface area contributed by atoms with Gasteiger partial charge in [-0.3, -0.25) is 0 Å². The van der Waals surface area contributed by atoms with Crippen LogP contribution in [0.5, 0.6) is 5.75 Å². The van der Waals surface area contributed by atoms with E-state index in [1.807, 2.05) is 0 Å². The fraction of sp³-hybridized carbons (Fsp3) is 0.625. The van der Waals surface area contributed by atoms with Crippen molar-refractivity contribution in [3.05, 3.63) is 24.3 Å². The second-order valence-corrected chi connectivity index (χ2v) is 8.34. The summed E-state index contributed by atoms with van der Waals surface area (Å²) < 4.78 is 68.3. The van der Waals surface area contributed by atoms with E-state index < -0.39 is 27.0 Å². The molecule has 0 atom stereocenters. The van der Waals surface area contributed by atoms with Crippen molar-refractivity contribution in [3.63, 3.8) is 0 Å². The predicted octanol–water partition coefficient (Wildman–Crippen LogP) is 3.08. The van der Waals surface area contributed by atoms with E-state index in [4.69, 9.17) is 0 Å². The molecule has 0 spiro atoms. The molecule has 1 aromatic carbocycles. The Hall–Kier alpha value is -1.32. The number of halogens is 3. The molecule has 0 aromatic heterocycles. The molecule has 142 valence electrons. The molecule has 5 nitrogen and oxygen atoms in total. The maximum atomic E-state index is 12.8. The zero-order valence-corrected chi connectivity index (χ0v) is 15.3. The van der Waals surface area contributed by atoms with Crippen molar-refractivity contribution < 1.29 is 26.3 Å². The molecule has 1 aromatic rings. The Morgan fingerprint density at radius 1 is 1.20 bits per heavy atom. The van der Waals surface area contributed by atoms with Gasteiger partial charge >= 0.3 is 6.36 Å². The molecule has 0 amide bonds. The number of alkyl halides is 3. The van der Waals surface area contributed by atoms with E-state index in [0.717, 1.165) is 25.2 Å². The number of ether oxygens (including phenoxy) is 1. The minimum Gasteiger partial charge on any atom is -0.404 e. The van der Waals surface area contributed by atoms with Gasteiger partial charge in [-0.25, -0.2) is 8.42 Å². The molecular weight excluding hydrogens is 357 g/mol. The minimum atomic E-state index is -4.95. The molecule has 1 aliphatic rings. The van der Waals surface area contributed by atoms with Gasteiger partial charge in [0.1, 0.15) is 10.6 Å². The maximum Gasteiger partial charge on any atom is 0.573 e. The van der Waals surface area contributed by atoms with Crippen molar-refractivity contribution in [1.29, 1.82) is 0 Å². The Labute approximate surface area is 146 Å². The molecule has 0 aliphatic carbocycles. The van der Waals surface area contributed by atoms with Crippen LogP contribution in [0.15, 0.2) is 29.2 Å². The summed E-state index contributed by atoms with van der Waals surface area (Å²) in [5.74, 6) is -0.707. The van der Waals surface area contributed by atoms with E-state index in [1.54, 1.807) is 0 Å².